The highest BCUT2D eigenvalue weighted by molar-refractivity contribution is 5.75. The molecule has 1 rings (SSSR count). The van der Waals surface area contributed by atoms with Crippen molar-refractivity contribution in [1.82, 2.24) is 10.6 Å². The first kappa shape index (κ1) is 19.8. The monoisotopic (exact) mass is 345 g/mol. The minimum absolute atomic E-state index is 0.0928. The smallest absolute Gasteiger partial charge is 0.356 e. The molecule has 4 N–H and O–H groups in total. The van der Waals surface area contributed by atoms with Gasteiger partial charge in [0.2, 0.25) is 5.91 Å². The van der Waals surface area contributed by atoms with Gasteiger partial charge in [0.25, 0.3) is 0 Å². The number of carbonyl (C=O) groups excluding carboxylic acids is 2. The van der Waals surface area contributed by atoms with Gasteiger partial charge in [0.15, 0.2) is 0 Å². The van der Waals surface area contributed by atoms with Gasteiger partial charge in [0.05, 0.1) is 5.56 Å². The van der Waals surface area contributed by atoms with E-state index in [1.807, 2.05) is 0 Å². The van der Waals surface area contributed by atoms with Crippen LogP contribution in [0.3, 0.4) is 0 Å². The van der Waals surface area contributed by atoms with Gasteiger partial charge in [-0.05, 0) is 37.0 Å². The quantitative estimate of drug-likeness (QED) is 0.601. The lowest BCUT2D eigenvalue weighted by molar-refractivity contribution is -0.137. The number of nitrogens with one attached hydrogen (secondary N) is 2. The van der Waals surface area contributed by atoms with Crippen LogP contribution in [0, 0.1) is 0 Å². The number of carbonyl (C=O) groups is 2. The third-order valence-corrected chi connectivity index (χ3v) is 3.40. The molecule has 0 aliphatic carbocycles. The minimum Gasteiger partial charge on any atom is -0.356 e. The molecular weight excluding hydrogens is 323 g/mol. The van der Waals surface area contributed by atoms with E-state index in [9.17, 15) is 22.8 Å². The molecule has 0 radical (unpaired) electrons. The molecule has 0 unspecified atom stereocenters. The van der Waals surface area contributed by atoms with Gasteiger partial charge in [0.1, 0.15) is 0 Å². The summed E-state index contributed by atoms with van der Waals surface area (Å²) in [4.78, 5) is 22.0. The maximum atomic E-state index is 12.4. The topological polar surface area (TPSA) is 84.2 Å². The molecule has 3 amide bonds. The molecule has 1 aromatic rings. The molecular formula is C16H22F3N3O2. The van der Waals surface area contributed by atoms with Crippen LogP contribution in [0.5, 0.6) is 0 Å². The Labute approximate surface area is 138 Å². The fourth-order valence-corrected chi connectivity index (χ4v) is 2.09. The SMILES string of the molecule is NC(=O)NCCCCCC(=O)NCCc1ccc(C(F)(F)F)cc1. The first-order chi connectivity index (χ1) is 11.3. The molecule has 0 saturated heterocycles. The fourth-order valence-electron chi connectivity index (χ4n) is 2.09. The van der Waals surface area contributed by atoms with Gasteiger partial charge in [-0.15, -0.1) is 0 Å². The Morgan fingerprint density at radius 1 is 0.958 bits per heavy atom. The molecule has 24 heavy (non-hydrogen) atoms. The van der Waals surface area contributed by atoms with E-state index >= 15 is 0 Å². The van der Waals surface area contributed by atoms with Crippen molar-refractivity contribution in [3.63, 3.8) is 0 Å². The maximum absolute atomic E-state index is 12.4. The van der Waals surface area contributed by atoms with Crippen molar-refractivity contribution in [3.05, 3.63) is 35.4 Å². The molecule has 0 bridgehead atoms. The molecule has 0 spiro atoms. The number of amides is 3. The Kier molecular flexibility index (Phi) is 8.08. The first-order valence-electron chi connectivity index (χ1n) is 7.75. The second kappa shape index (κ2) is 9.79. The number of nitrogens with two attached hydrogens (primary N) is 1. The van der Waals surface area contributed by atoms with Gasteiger partial charge in [-0.1, -0.05) is 18.6 Å². The number of benzene rings is 1. The lowest BCUT2D eigenvalue weighted by Gasteiger charge is -2.08. The van der Waals surface area contributed by atoms with E-state index in [4.69, 9.17) is 5.73 Å². The molecule has 5 nitrogen and oxygen atoms in total. The highest BCUT2D eigenvalue weighted by Gasteiger charge is 2.29. The molecule has 0 fully saturated rings. The van der Waals surface area contributed by atoms with Crippen molar-refractivity contribution in [2.45, 2.75) is 38.3 Å². The molecule has 0 saturated carbocycles. The van der Waals surface area contributed by atoms with Crippen LogP contribution in [0.1, 0.15) is 36.8 Å². The van der Waals surface area contributed by atoms with Crippen molar-refractivity contribution in [1.29, 1.82) is 0 Å². The number of hydrogen-bond acceptors (Lipinski definition) is 2. The van der Waals surface area contributed by atoms with Crippen molar-refractivity contribution in [2.75, 3.05) is 13.1 Å². The average molecular weight is 345 g/mol. The van der Waals surface area contributed by atoms with Crippen LogP contribution in [-0.2, 0) is 17.4 Å². The van der Waals surface area contributed by atoms with Crippen molar-refractivity contribution >= 4 is 11.9 Å². The van der Waals surface area contributed by atoms with Crippen LogP contribution in [0.15, 0.2) is 24.3 Å². The zero-order valence-corrected chi connectivity index (χ0v) is 13.3. The van der Waals surface area contributed by atoms with E-state index in [1.54, 1.807) is 0 Å². The van der Waals surface area contributed by atoms with Crippen LogP contribution in [0.4, 0.5) is 18.0 Å². The number of urea groups is 1. The Bertz CT molecular complexity index is 530. The Morgan fingerprint density at radius 2 is 1.62 bits per heavy atom. The van der Waals surface area contributed by atoms with Crippen molar-refractivity contribution < 1.29 is 22.8 Å². The number of rotatable bonds is 9. The number of unbranched alkanes of at least 4 members (excludes halogenated alkanes) is 2. The van der Waals surface area contributed by atoms with Gasteiger partial charge in [-0.25, -0.2) is 4.79 Å². The van der Waals surface area contributed by atoms with Gasteiger partial charge >= 0.3 is 12.2 Å². The Hall–Kier alpha value is -2.25. The first-order valence-corrected chi connectivity index (χ1v) is 7.75. The van der Waals surface area contributed by atoms with E-state index in [0.717, 1.165) is 30.5 Å². The van der Waals surface area contributed by atoms with Crippen LogP contribution in [0.2, 0.25) is 0 Å². The largest absolute Gasteiger partial charge is 0.416 e. The highest BCUT2D eigenvalue weighted by atomic mass is 19.4. The zero-order valence-electron chi connectivity index (χ0n) is 13.3. The maximum Gasteiger partial charge on any atom is 0.416 e. The molecule has 1 aromatic carbocycles. The summed E-state index contributed by atoms with van der Waals surface area (Å²) >= 11 is 0. The summed E-state index contributed by atoms with van der Waals surface area (Å²) in [6.07, 6.45) is -1.23. The van der Waals surface area contributed by atoms with Crippen LogP contribution in [0.25, 0.3) is 0 Å². The van der Waals surface area contributed by atoms with Crippen LogP contribution < -0.4 is 16.4 Å². The van der Waals surface area contributed by atoms with Gasteiger partial charge < -0.3 is 16.4 Å². The van der Waals surface area contributed by atoms with E-state index in [-0.39, 0.29) is 5.91 Å². The minimum atomic E-state index is -4.33. The number of halogens is 3. The summed E-state index contributed by atoms with van der Waals surface area (Å²) in [5.41, 5.74) is 4.98. The predicted octanol–water partition coefficient (Wildman–Crippen LogP) is 2.59. The molecule has 8 heteroatoms. The molecule has 134 valence electrons. The Balaban J connectivity index is 2.14. The summed E-state index contributed by atoms with van der Waals surface area (Å²) in [7, 11) is 0. The standard InChI is InChI=1S/C16H22F3N3O2/c17-16(18,19)13-7-5-12(6-8-13)9-11-21-14(23)4-2-1-3-10-22-15(20)24/h5-8H,1-4,9-11H2,(H,21,23)(H3,20,22,24). The van der Waals surface area contributed by atoms with E-state index in [2.05, 4.69) is 10.6 Å². The second-order valence-electron chi connectivity index (χ2n) is 5.40. The van der Waals surface area contributed by atoms with E-state index in [0.29, 0.717) is 32.4 Å². The summed E-state index contributed by atoms with van der Waals surface area (Å²) < 4.78 is 37.3. The highest BCUT2D eigenvalue weighted by Crippen LogP contribution is 2.29. The number of primary amides is 1. The normalized spacial score (nSPS) is 11.1. The lowest BCUT2D eigenvalue weighted by Crippen LogP contribution is -2.30. The molecule has 0 atom stereocenters. The summed E-state index contributed by atoms with van der Waals surface area (Å²) in [5, 5.41) is 5.20. The van der Waals surface area contributed by atoms with Crippen molar-refractivity contribution in [2.24, 2.45) is 5.73 Å². The van der Waals surface area contributed by atoms with Crippen molar-refractivity contribution in [3.8, 4) is 0 Å². The van der Waals surface area contributed by atoms with Gasteiger partial charge in [-0.3, -0.25) is 4.79 Å². The number of alkyl halides is 3. The predicted molar refractivity (Wildman–Crippen MR) is 84.2 cm³/mol. The zero-order chi connectivity index (χ0) is 18.0. The third-order valence-electron chi connectivity index (χ3n) is 3.40. The molecule has 0 aromatic heterocycles. The summed E-state index contributed by atoms with van der Waals surface area (Å²) in [5.74, 6) is -0.0928. The fraction of sp³-hybridized carbons (Fsp3) is 0.500. The van der Waals surface area contributed by atoms with E-state index in [1.165, 1.54) is 12.1 Å². The third kappa shape index (κ3) is 8.40. The molecule has 0 aliphatic rings. The van der Waals surface area contributed by atoms with Crippen LogP contribution >= 0.6 is 0 Å². The van der Waals surface area contributed by atoms with Gasteiger partial charge in [-0.2, -0.15) is 13.2 Å². The van der Waals surface area contributed by atoms with Gasteiger partial charge in [0, 0.05) is 19.5 Å². The number of hydrogen-bond donors (Lipinski definition) is 3. The Morgan fingerprint density at radius 3 is 2.21 bits per heavy atom. The average Bonchev–Trinajstić information content (AvgIpc) is 2.50. The summed E-state index contributed by atoms with van der Waals surface area (Å²) in [6.45, 7) is 0.873. The summed E-state index contributed by atoms with van der Waals surface area (Å²) in [6, 6.07) is 4.35. The second-order valence-corrected chi connectivity index (χ2v) is 5.40. The van der Waals surface area contributed by atoms with Crippen LogP contribution in [-0.4, -0.2) is 25.0 Å². The van der Waals surface area contributed by atoms with E-state index < -0.39 is 17.8 Å². The molecule has 0 heterocycles. The lowest BCUT2D eigenvalue weighted by atomic mass is 10.1. The molecule has 0 aliphatic heterocycles.